The summed E-state index contributed by atoms with van der Waals surface area (Å²) in [6.07, 6.45) is 1.07. The number of nitrogens with one attached hydrogen (secondary N) is 1. The molecule has 0 spiro atoms. The number of sulfonamides is 1. The zero-order valence-corrected chi connectivity index (χ0v) is 12.4. The van der Waals surface area contributed by atoms with Gasteiger partial charge in [-0.1, -0.05) is 13.8 Å². The molecule has 19 heavy (non-hydrogen) atoms. The van der Waals surface area contributed by atoms with Crippen LogP contribution in [0.5, 0.6) is 0 Å². The molecule has 0 amide bonds. The summed E-state index contributed by atoms with van der Waals surface area (Å²) in [4.78, 5) is 2.46. The molecule has 0 aliphatic carbocycles. The lowest BCUT2D eigenvalue weighted by Crippen LogP contribution is -2.35. The summed E-state index contributed by atoms with van der Waals surface area (Å²) >= 11 is 0. The van der Waals surface area contributed by atoms with Crippen molar-refractivity contribution in [1.82, 2.24) is 9.62 Å². The lowest BCUT2D eigenvalue weighted by Gasteiger charge is -2.19. The van der Waals surface area contributed by atoms with Crippen molar-refractivity contribution in [3.05, 3.63) is 24.3 Å². The average molecular weight is 285 g/mol. The van der Waals surface area contributed by atoms with E-state index in [1.807, 2.05) is 0 Å². The van der Waals surface area contributed by atoms with Gasteiger partial charge in [0.2, 0.25) is 10.0 Å². The Balaban J connectivity index is 2.54. The quantitative estimate of drug-likeness (QED) is 0.706. The highest BCUT2D eigenvalue weighted by molar-refractivity contribution is 7.89. The summed E-state index contributed by atoms with van der Waals surface area (Å²) < 4.78 is 26.6. The molecule has 1 rings (SSSR count). The molecule has 3 N–H and O–H groups in total. The van der Waals surface area contributed by atoms with Gasteiger partial charge in [-0.15, -0.1) is 0 Å². The monoisotopic (exact) mass is 285 g/mol. The van der Waals surface area contributed by atoms with E-state index in [0.717, 1.165) is 26.1 Å². The number of nitrogen functional groups attached to an aromatic ring is 1. The highest BCUT2D eigenvalue weighted by atomic mass is 32.2. The number of likely N-dealkylation sites (N-methyl/N-ethyl adjacent to an activating group) is 1. The van der Waals surface area contributed by atoms with Gasteiger partial charge in [-0.3, -0.25) is 0 Å². The molecule has 1 aromatic rings. The largest absolute Gasteiger partial charge is 0.399 e. The number of hydrogen-bond acceptors (Lipinski definition) is 4. The molecule has 0 bridgehead atoms. The lowest BCUT2D eigenvalue weighted by atomic mass is 10.3. The normalized spacial score (nSPS) is 11.9. The third-order valence-corrected chi connectivity index (χ3v) is 4.37. The van der Waals surface area contributed by atoms with E-state index in [2.05, 4.69) is 23.5 Å². The van der Waals surface area contributed by atoms with E-state index in [4.69, 9.17) is 5.73 Å². The predicted molar refractivity (Wildman–Crippen MR) is 78.4 cm³/mol. The van der Waals surface area contributed by atoms with Crippen LogP contribution >= 0.6 is 0 Å². The minimum atomic E-state index is -3.43. The summed E-state index contributed by atoms with van der Waals surface area (Å²) in [5.74, 6) is 0. The Hall–Kier alpha value is -1.11. The van der Waals surface area contributed by atoms with Gasteiger partial charge in [0.25, 0.3) is 0 Å². The summed E-state index contributed by atoms with van der Waals surface area (Å²) in [5, 5.41) is 0. The molecule has 0 atom stereocenters. The number of benzene rings is 1. The fourth-order valence-corrected chi connectivity index (χ4v) is 2.83. The van der Waals surface area contributed by atoms with E-state index < -0.39 is 10.0 Å². The first-order chi connectivity index (χ1) is 8.99. The fraction of sp³-hybridized carbons (Fsp3) is 0.538. The van der Waals surface area contributed by atoms with Crippen LogP contribution in [-0.4, -0.2) is 39.5 Å². The maximum absolute atomic E-state index is 12.0. The van der Waals surface area contributed by atoms with Crippen LogP contribution in [0, 0.1) is 0 Å². The maximum Gasteiger partial charge on any atom is 0.240 e. The van der Waals surface area contributed by atoms with Gasteiger partial charge in [-0.25, -0.2) is 13.1 Å². The van der Waals surface area contributed by atoms with Gasteiger partial charge >= 0.3 is 0 Å². The van der Waals surface area contributed by atoms with Gasteiger partial charge in [0.05, 0.1) is 4.90 Å². The first-order valence-corrected chi connectivity index (χ1v) is 8.05. The summed E-state index contributed by atoms with van der Waals surface area (Å²) in [6, 6.07) is 6.20. The Labute approximate surface area is 115 Å². The van der Waals surface area contributed by atoms with Gasteiger partial charge in [-0.05, 0) is 43.8 Å². The van der Waals surface area contributed by atoms with Crippen LogP contribution in [0.1, 0.15) is 20.3 Å². The molecule has 108 valence electrons. The molecular weight excluding hydrogens is 262 g/mol. The van der Waals surface area contributed by atoms with E-state index >= 15 is 0 Å². The third-order valence-electron chi connectivity index (χ3n) is 2.90. The van der Waals surface area contributed by atoms with Crippen molar-refractivity contribution in [2.75, 3.05) is 31.9 Å². The first kappa shape index (κ1) is 15.9. The van der Waals surface area contributed by atoms with Crippen LogP contribution in [0.3, 0.4) is 0 Å². The molecule has 0 saturated carbocycles. The topological polar surface area (TPSA) is 75.4 Å². The lowest BCUT2D eigenvalue weighted by molar-refractivity contribution is 0.293. The third kappa shape index (κ3) is 5.18. The van der Waals surface area contributed by atoms with Crippen LogP contribution in [0.4, 0.5) is 5.69 Å². The van der Waals surface area contributed by atoms with Crippen molar-refractivity contribution in [1.29, 1.82) is 0 Å². The molecule has 0 radical (unpaired) electrons. The van der Waals surface area contributed by atoms with Gasteiger partial charge in [0.1, 0.15) is 0 Å². The molecule has 1 aromatic carbocycles. The highest BCUT2D eigenvalue weighted by Gasteiger charge is 2.13. The zero-order valence-electron chi connectivity index (χ0n) is 11.6. The maximum atomic E-state index is 12.0. The van der Waals surface area contributed by atoms with Crippen molar-refractivity contribution >= 4 is 15.7 Å². The number of nitrogens with two attached hydrogens (primary N) is 1. The Morgan fingerprint density at radius 3 is 2.32 bits per heavy atom. The molecule has 0 aliphatic heterocycles. The van der Waals surface area contributed by atoms with E-state index in [1.54, 1.807) is 12.1 Å². The molecule has 5 nitrogen and oxygen atoms in total. The summed E-state index contributed by atoms with van der Waals surface area (Å²) in [7, 11) is -3.43. The fourth-order valence-electron chi connectivity index (χ4n) is 1.81. The average Bonchev–Trinajstić information content (AvgIpc) is 2.38. The highest BCUT2D eigenvalue weighted by Crippen LogP contribution is 2.10. The van der Waals surface area contributed by atoms with Crippen LogP contribution < -0.4 is 10.5 Å². The first-order valence-electron chi connectivity index (χ1n) is 6.57. The van der Waals surface area contributed by atoms with Crippen molar-refractivity contribution in [3.8, 4) is 0 Å². The van der Waals surface area contributed by atoms with Gasteiger partial charge < -0.3 is 10.6 Å². The van der Waals surface area contributed by atoms with E-state index in [9.17, 15) is 8.42 Å². The Kier molecular flexibility index (Phi) is 6.27. The van der Waals surface area contributed by atoms with Crippen molar-refractivity contribution in [2.24, 2.45) is 0 Å². The molecule has 6 heteroatoms. The molecule has 0 saturated heterocycles. The standard InChI is InChI=1S/C13H23N3O2S/c1-3-10-16(4-2)11-9-15-19(17,18)13-7-5-12(14)6-8-13/h5-8,15H,3-4,9-11,14H2,1-2H3. The summed E-state index contributed by atoms with van der Waals surface area (Å²) in [5.41, 5.74) is 6.09. The van der Waals surface area contributed by atoms with Gasteiger partial charge in [-0.2, -0.15) is 0 Å². The second kappa shape index (κ2) is 7.47. The van der Waals surface area contributed by atoms with Crippen molar-refractivity contribution in [3.63, 3.8) is 0 Å². The smallest absolute Gasteiger partial charge is 0.240 e. The predicted octanol–water partition coefficient (Wildman–Crippen LogP) is 1.28. The van der Waals surface area contributed by atoms with Crippen LogP contribution in [0.15, 0.2) is 29.2 Å². The van der Waals surface area contributed by atoms with Crippen molar-refractivity contribution in [2.45, 2.75) is 25.2 Å². The van der Waals surface area contributed by atoms with Crippen LogP contribution in [-0.2, 0) is 10.0 Å². The summed E-state index contributed by atoms with van der Waals surface area (Å²) in [6.45, 7) is 7.24. The van der Waals surface area contributed by atoms with Gasteiger partial charge in [0.15, 0.2) is 0 Å². The van der Waals surface area contributed by atoms with Gasteiger partial charge in [0, 0.05) is 18.8 Å². The number of hydrogen-bond donors (Lipinski definition) is 2. The molecule has 0 heterocycles. The number of rotatable bonds is 8. The zero-order chi connectivity index (χ0) is 14.3. The molecule has 0 unspecified atom stereocenters. The van der Waals surface area contributed by atoms with Crippen molar-refractivity contribution < 1.29 is 8.42 Å². The molecular formula is C13H23N3O2S. The Bertz CT molecular complexity index is 471. The minimum absolute atomic E-state index is 0.250. The van der Waals surface area contributed by atoms with E-state index in [-0.39, 0.29) is 4.90 Å². The van der Waals surface area contributed by atoms with E-state index in [1.165, 1.54) is 12.1 Å². The number of anilines is 1. The second-order valence-electron chi connectivity index (χ2n) is 4.40. The molecule has 0 aromatic heterocycles. The minimum Gasteiger partial charge on any atom is -0.399 e. The van der Waals surface area contributed by atoms with Crippen LogP contribution in [0.25, 0.3) is 0 Å². The molecule has 0 fully saturated rings. The van der Waals surface area contributed by atoms with E-state index in [0.29, 0.717) is 12.2 Å². The second-order valence-corrected chi connectivity index (χ2v) is 6.17. The SMILES string of the molecule is CCCN(CC)CCNS(=O)(=O)c1ccc(N)cc1. The Morgan fingerprint density at radius 1 is 1.16 bits per heavy atom. The van der Waals surface area contributed by atoms with Crippen LogP contribution in [0.2, 0.25) is 0 Å². The molecule has 0 aliphatic rings. The Morgan fingerprint density at radius 2 is 1.79 bits per heavy atom. The number of nitrogens with zero attached hydrogens (tertiary/aromatic N) is 1.